The first-order valence-corrected chi connectivity index (χ1v) is 9.10. The van der Waals surface area contributed by atoms with Gasteiger partial charge in [0.05, 0.1) is 18.9 Å². The van der Waals surface area contributed by atoms with Crippen LogP contribution in [0.3, 0.4) is 0 Å². The molecule has 23 heavy (non-hydrogen) atoms. The molecule has 0 unspecified atom stereocenters. The van der Waals surface area contributed by atoms with Crippen LogP contribution in [0.25, 0.3) is 0 Å². The van der Waals surface area contributed by atoms with Crippen molar-refractivity contribution in [3.63, 3.8) is 0 Å². The molecule has 128 valence electrons. The molecule has 2 atom stereocenters. The maximum Gasteiger partial charge on any atom is 0.410 e. The van der Waals surface area contributed by atoms with Gasteiger partial charge in [0.25, 0.3) is 10.1 Å². The van der Waals surface area contributed by atoms with Crippen molar-refractivity contribution in [1.82, 2.24) is 14.7 Å². The number of hydrogen-bond acceptors (Lipinski definition) is 6. The van der Waals surface area contributed by atoms with Crippen molar-refractivity contribution in [3.05, 3.63) is 31.1 Å². The van der Waals surface area contributed by atoms with Gasteiger partial charge in [-0.3, -0.25) is 8.86 Å². The summed E-state index contributed by atoms with van der Waals surface area (Å²) in [6, 6.07) is 1.66. The first-order chi connectivity index (χ1) is 10.9. The molecule has 0 spiro atoms. The average molecular weight is 343 g/mol. The minimum Gasteiger partial charge on any atom is -0.445 e. The van der Waals surface area contributed by atoms with Crippen LogP contribution >= 0.6 is 0 Å². The molecule has 2 rings (SSSR count). The highest BCUT2D eigenvalue weighted by molar-refractivity contribution is 7.86. The summed E-state index contributed by atoms with van der Waals surface area (Å²) in [5.74, 6) is 0. The number of ether oxygens (including phenoxy) is 1. The Morgan fingerprint density at radius 3 is 2.91 bits per heavy atom. The monoisotopic (exact) mass is 343 g/mol. The molecule has 8 nitrogen and oxygen atoms in total. The highest BCUT2D eigenvalue weighted by Crippen LogP contribution is 2.25. The SMILES string of the molecule is C=CCOC(=O)N1C[C@H](OS(C)(=O)=O)C[C@H]1CCn1cccn1. The molecule has 1 fully saturated rings. The van der Waals surface area contributed by atoms with Crippen LogP contribution in [0.1, 0.15) is 12.8 Å². The molecular formula is C14H21N3O5S. The Balaban J connectivity index is 2.00. The first kappa shape index (κ1) is 17.5. The van der Waals surface area contributed by atoms with Gasteiger partial charge in [0.2, 0.25) is 0 Å². The highest BCUT2D eigenvalue weighted by atomic mass is 32.2. The van der Waals surface area contributed by atoms with Gasteiger partial charge in [0.1, 0.15) is 6.61 Å². The number of aromatic nitrogens is 2. The number of hydrogen-bond donors (Lipinski definition) is 0. The normalized spacial score (nSPS) is 21.3. The van der Waals surface area contributed by atoms with E-state index in [1.165, 1.54) is 11.0 Å². The van der Waals surface area contributed by atoms with Crippen LogP contribution in [0.2, 0.25) is 0 Å². The lowest BCUT2D eigenvalue weighted by Gasteiger charge is -2.23. The lowest BCUT2D eigenvalue weighted by molar-refractivity contribution is 0.102. The molecule has 0 N–H and O–H groups in total. The molecule has 1 aromatic heterocycles. The van der Waals surface area contributed by atoms with Gasteiger partial charge in [-0.05, 0) is 18.9 Å². The van der Waals surface area contributed by atoms with E-state index in [1.807, 2.05) is 12.3 Å². The zero-order valence-corrected chi connectivity index (χ0v) is 13.8. The van der Waals surface area contributed by atoms with Crippen LogP contribution in [-0.2, 0) is 25.6 Å². The van der Waals surface area contributed by atoms with E-state index in [9.17, 15) is 13.2 Å². The van der Waals surface area contributed by atoms with Gasteiger partial charge < -0.3 is 9.64 Å². The summed E-state index contributed by atoms with van der Waals surface area (Å²) in [5, 5.41) is 4.12. The van der Waals surface area contributed by atoms with Gasteiger partial charge in [-0.15, -0.1) is 0 Å². The third kappa shape index (κ3) is 5.36. The fraction of sp³-hybridized carbons (Fsp3) is 0.571. The molecule has 1 saturated heterocycles. The quantitative estimate of drug-likeness (QED) is 0.542. The van der Waals surface area contributed by atoms with E-state index >= 15 is 0 Å². The molecular weight excluding hydrogens is 322 g/mol. The van der Waals surface area contributed by atoms with Crippen LogP contribution < -0.4 is 0 Å². The minimum atomic E-state index is -3.57. The average Bonchev–Trinajstić information content (AvgIpc) is 3.10. The third-order valence-electron chi connectivity index (χ3n) is 3.50. The van der Waals surface area contributed by atoms with E-state index in [4.69, 9.17) is 8.92 Å². The zero-order valence-electron chi connectivity index (χ0n) is 13.0. The summed E-state index contributed by atoms with van der Waals surface area (Å²) >= 11 is 0. The maximum absolute atomic E-state index is 12.1. The van der Waals surface area contributed by atoms with Crippen molar-refractivity contribution in [2.24, 2.45) is 0 Å². The molecule has 0 aliphatic carbocycles. The lowest BCUT2D eigenvalue weighted by Crippen LogP contribution is -2.37. The number of carbonyl (C=O) groups excluding carboxylic acids is 1. The molecule has 0 aromatic carbocycles. The number of aryl methyl sites for hydroxylation is 1. The molecule has 1 aliphatic rings. The summed E-state index contributed by atoms with van der Waals surface area (Å²) in [7, 11) is -3.57. The zero-order chi connectivity index (χ0) is 16.9. The predicted octanol–water partition coefficient (Wildman–Crippen LogP) is 1.01. The minimum absolute atomic E-state index is 0.110. The molecule has 1 aromatic rings. The lowest BCUT2D eigenvalue weighted by atomic mass is 10.1. The number of rotatable bonds is 7. The van der Waals surface area contributed by atoms with E-state index in [0.29, 0.717) is 19.4 Å². The van der Waals surface area contributed by atoms with Crippen LogP contribution in [0, 0.1) is 0 Å². The van der Waals surface area contributed by atoms with Crippen molar-refractivity contribution in [2.45, 2.75) is 31.5 Å². The second-order valence-electron chi connectivity index (χ2n) is 5.39. The fourth-order valence-corrected chi connectivity index (χ4v) is 3.25. The summed E-state index contributed by atoms with van der Waals surface area (Å²) in [6.45, 7) is 4.42. The molecule has 1 amide bonds. The van der Waals surface area contributed by atoms with E-state index < -0.39 is 22.3 Å². The molecule has 0 radical (unpaired) electrons. The standard InChI is InChI=1S/C14H21N3O5S/c1-3-9-21-14(18)17-11-13(22-23(2,19)20)10-12(17)5-8-16-7-4-6-15-16/h3-4,6-7,12-13H,1,5,8-11H2,2H3/t12-,13-/m1/s1. The largest absolute Gasteiger partial charge is 0.445 e. The Hall–Kier alpha value is -1.87. The van der Waals surface area contributed by atoms with Crippen LogP contribution in [0.5, 0.6) is 0 Å². The van der Waals surface area contributed by atoms with Crippen molar-refractivity contribution < 1.29 is 22.1 Å². The maximum atomic E-state index is 12.1. The number of amides is 1. The Bertz CT molecular complexity index is 629. The van der Waals surface area contributed by atoms with Gasteiger partial charge >= 0.3 is 6.09 Å². The smallest absolute Gasteiger partial charge is 0.410 e. The van der Waals surface area contributed by atoms with Crippen LogP contribution in [0.4, 0.5) is 4.79 Å². The Morgan fingerprint density at radius 2 is 2.30 bits per heavy atom. The van der Waals surface area contributed by atoms with Gasteiger partial charge in [-0.25, -0.2) is 4.79 Å². The van der Waals surface area contributed by atoms with Crippen LogP contribution in [0.15, 0.2) is 31.1 Å². The highest BCUT2D eigenvalue weighted by Gasteiger charge is 2.38. The van der Waals surface area contributed by atoms with Crippen molar-refractivity contribution in [3.8, 4) is 0 Å². The van der Waals surface area contributed by atoms with Crippen molar-refractivity contribution in [2.75, 3.05) is 19.4 Å². The molecule has 0 saturated carbocycles. The van der Waals surface area contributed by atoms with Crippen LogP contribution in [-0.4, -0.2) is 60.7 Å². The summed E-state index contributed by atoms with van der Waals surface area (Å²) < 4.78 is 34.5. The van der Waals surface area contributed by atoms with Gasteiger partial charge in [0.15, 0.2) is 0 Å². The van der Waals surface area contributed by atoms with Gasteiger partial charge in [0, 0.05) is 25.0 Å². The topological polar surface area (TPSA) is 90.7 Å². The summed E-state index contributed by atoms with van der Waals surface area (Å²) in [6.07, 6.45) is 6.03. The Kier molecular flexibility index (Phi) is 5.78. The first-order valence-electron chi connectivity index (χ1n) is 7.29. The summed E-state index contributed by atoms with van der Waals surface area (Å²) in [4.78, 5) is 13.6. The van der Waals surface area contributed by atoms with Gasteiger partial charge in [-0.2, -0.15) is 13.5 Å². The van der Waals surface area contributed by atoms with Crippen molar-refractivity contribution >= 4 is 16.2 Å². The van der Waals surface area contributed by atoms with E-state index in [1.54, 1.807) is 10.9 Å². The number of carbonyl (C=O) groups is 1. The van der Waals surface area contributed by atoms with E-state index in [-0.39, 0.29) is 19.2 Å². The Labute approximate surface area is 135 Å². The molecule has 2 heterocycles. The fourth-order valence-electron chi connectivity index (χ4n) is 2.62. The molecule has 9 heteroatoms. The molecule has 1 aliphatic heterocycles. The third-order valence-corrected chi connectivity index (χ3v) is 4.12. The summed E-state index contributed by atoms with van der Waals surface area (Å²) in [5.41, 5.74) is 0. The predicted molar refractivity (Wildman–Crippen MR) is 83.2 cm³/mol. The number of nitrogens with zero attached hydrogens (tertiary/aromatic N) is 3. The second-order valence-corrected chi connectivity index (χ2v) is 6.99. The Morgan fingerprint density at radius 1 is 1.52 bits per heavy atom. The second kappa shape index (κ2) is 7.60. The van der Waals surface area contributed by atoms with E-state index in [0.717, 1.165) is 6.26 Å². The van der Waals surface area contributed by atoms with E-state index in [2.05, 4.69) is 11.7 Å². The van der Waals surface area contributed by atoms with Gasteiger partial charge in [-0.1, -0.05) is 12.7 Å². The number of likely N-dealkylation sites (tertiary alicyclic amines) is 1. The molecule has 0 bridgehead atoms. The van der Waals surface area contributed by atoms with Crippen molar-refractivity contribution in [1.29, 1.82) is 0 Å².